The van der Waals surface area contributed by atoms with Crippen LogP contribution in [0.5, 0.6) is 0 Å². The Bertz CT molecular complexity index is 395. The van der Waals surface area contributed by atoms with Crippen LogP contribution in [0, 0.1) is 0 Å². The molecule has 0 atom stereocenters. The first-order chi connectivity index (χ1) is 7.88. The van der Waals surface area contributed by atoms with Gasteiger partial charge in [0.2, 0.25) is 0 Å². The molecule has 0 unspecified atom stereocenters. The summed E-state index contributed by atoms with van der Waals surface area (Å²) in [6, 6.07) is 3.23. The van der Waals surface area contributed by atoms with Gasteiger partial charge in [-0.3, -0.25) is 4.98 Å². The van der Waals surface area contributed by atoms with E-state index in [-0.39, 0.29) is 18.2 Å². The Hall–Kier alpha value is -1.21. The highest BCUT2D eigenvalue weighted by atomic mass is 32.1. The fourth-order valence-electron chi connectivity index (χ4n) is 1.08. The van der Waals surface area contributed by atoms with Crippen molar-refractivity contribution >= 4 is 17.2 Å². The Balaban J connectivity index is 2.42. The maximum Gasteiger partial charge on any atom is 0.391 e. The lowest BCUT2D eigenvalue weighted by molar-refractivity contribution is -0.146. The Labute approximate surface area is 102 Å². The third-order valence-corrected chi connectivity index (χ3v) is 2.08. The fourth-order valence-corrected chi connectivity index (χ4v) is 1.19. The maximum absolute atomic E-state index is 11.8. The first-order valence-electron chi connectivity index (χ1n) is 4.78. The molecular weight excluding hydrogens is 253 g/mol. The molecular formula is C10H11F3N2OS. The van der Waals surface area contributed by atoms with Crippen molar-refractivity contribution < 1.29 is 17.9 Å². The van der Waals surface area contributed by atoms with Gasteiger partial charge in [-0.1, -0.05) is 12.2 Å². The van der Waals surface area contributed by atoms with E-state index in [0.29, 0.717) is 11.3 Å². The summed E-state index contributed by atoms with van der Waals surface area (Å²) < 4.78 is 40.4. The minimum Gasteiger partial charge on any atom is -0.388 e. The number of halogens is 3. The first-order valence-corrected chi connectivity index (χ1v) is 5.18. The number of pyridine rings is 1. The highest BCUT2D eigenvalue weighted by molar-refractivity contribution is 7.80. The average molecular weight is 264 g/mol. The van der Waals surface area contributed by atoms with Gasteiger partial charge in [0.25, 0.3) is 0 Å². The Kier molecular flexibility index (Phi) is 4.83. The monoisotopic (exact) mass is 264 g/mol. The number of hydrogen-bond acceptors (Lipinski definition) is 3. The second-order valence-corrected chi connectivity index (χ2v) is 3.77. The van der Waals surface area contributed by atoms with Crippen LogP contribution >= 0.6 is 12.2 Å². The van der Waals surface area contributed by atoms with E-state index in [9.17, 15) is 13.2 Å². The number of alkyl halides is 3. The molecule has 0 aliphatic carbocycles. The summed E-state index contributed by atoms with van der Waals surface area (Å²) in [5, 5.41) is 0. The molecule has 0 saturated carbocycles. The van der Waals surface area contributed by atoms with Gasteiger partial charge in [-0.15, -0.1) is 0 Å². The lowest BCUT2D eigenvalue weighted by Crippen LogP contribution is -2.13. The van der Waals surface area contributed by atoms with E-state index in [0.717, 1.165) is 0 Å². The summed E-state index contributed by atoms with van der Waals surface area (Å²) in [4.78, 5) is 4.05. The van der Waals surface area contributed by atoms with Gasteiger partial charge in [-0.2, -0.15) is 13.2 Å². The molecule has 0 aliphatic heterocycles. The van der Waals surface area contributed by atoms with Crippen molar-refractivity contribution in [1.29, 1.82) is 0 Å². The van der Waals surface area contributed by atoms with Crippen LogP contribution in [0.15, 0.2) is 18.3 Å². The zero-order valence-corrected chi connectivity index (χ0v) is 9.64. The molecule has 0 saturated heterocycles. The molecule has 0 spiro atoms. The molecule has 0 amide bonds. The molecule has 1 aromatic rings. The standard InChI is InChI=1S/C10H11F3N2OS/c11-10(12,13)2-4-16-6-7-1-3-15-8(5-7)9(14)17/h1,3,5H,2,4,6H2,(H2,14,17). The zero-order chi connectivity index (χ0) is 12.9. The van der Waals surface area contributed by atoms with Gasteiger partial charge in [-0.05, 0) is 17.7 Å². The zero-order valence-electron chi connectivity index (χ0n) is 8.83. The molecule has 0 radical (unpaired) electrons. The summed E-state index contributed by atoms with van der Waals surface area (Å²) in [6.07, 6.45) is -3.67. The number of rotatable bonds is 5. The summed E-state index contributed by atoms with van der Waals surface area (Å²) in [6.45, 7) is -0.289. The molecule has 0 fully saturated rings. The smallest absolute Gasteiger partial charge is 0.388 e. The second-order valence-electron chi connectivity index (χ2n) is 3.33. The van der Waals surface area contributed by atoms with Crippen LogP contribution < -0.4 is 5.73 Å². The number of nitrogens with zero attached hydrogens (tertiary/aromatic N) is 1. The predicted octanol–water partition coefficient (Wildman–Crippen LogP) is 2.18. The summed E-state index contributed by atoms with van der Waals surface area (Å²) in [5.74, 6) is 0. The van der Waals surface area contributed by atoms with Crippen molar-refractivity contribution in [2.24, 2.45) is 5.73 Å². The molecule has 7 heteroatoms. The molecule has 2 N–H and O–H groups in total. The molecule has 0 aliphatic rings. The SMILES string of the molecule is NC(=S)c1cc(COCCC(F)(F)F)ccn1. The first kappa shape index (κ1) is 13.9. The topological polar surface area (TPSA) is 48.1 Å². The van der Waals surface area contributed by atoms with Crippen molar-refractivity contribution in [1.82, 2.24) is 4.98 Å². The van der Waals surface area contributed by atoms with E-state index in [2.05, 4.69) is 4.98 Å². The van der Waals surface area contributed by atoms with Crippen molar-refractivity contribution in [2.75, 3.05) is 6.61 Å². The highest BCUT2D eigenvalue weighted by Gasteiger charge is 2.26. The van der Waals surface area contributed by atoms with E-state index in [1.54, 1.807) is 12.1 Å². The van der Waals surface area contributed by atoms with Crippen LogP contribution in [0.3, 0.4) is 0 Å². The Morgan fingerprint density at radius 2 is 2.18 bits per heavy atom. The number of hydrogen-bond donors (Lipinski definition) is 1. The lowest BCUT2D eigenvalue weighted by Gasteiger charge is -2.07. The van der Waals surface area contributed by atoms with Gasteiger partial charge >= 0.3 is 6.18 Å². The molecule has 0 bridgehead atoms. The highest BCUT2D eigenvalue weighted by Crippen LogP contribution is 2.19. The van der Waals surface area contributed by atoms with Gasteiger partial charge in [0, 0.05) is 6.20 Å². The molecule has 1 rings (SSSR count). The molecule has 1 aromatic heterocycles. The van der Waals surface area contributed by atoms with E-state index < -0.39 is 12.6 Å². The molecule has 94 valence electrons. The van der Waals surface area contributed by atoms with E-state index in [1.165, 1.54) is 6.20 Å². The predicted molar refractivity (Wildman–Crippen MR) is 60.5 cm³/mol. The average Bonchev–Trinajstić information content (AvgIpc) is 2.23. The fraction of sp³-hybridized carbons (Fsp3) is 0.400. The van der Waals surface area contributed by atoms with Crippen LogP contribution in [0.25, 0.3) is 0 Å². The van der Waals surface area contributed by atoms with Crippen LogP contribution in [-0.4, -0.2) is 22.8 Å². The third-order valence-electron chi connectivity index (χ3n) is 1.88. The van der Waals surface area contributed by atoms with Gasteiger partial charge in [0.15, 0.2) is 0 Å². The molecule has 1 heterocycles. The van der Waals surface area contributed by atoms with Crippen LogP contribution in [-0.2, 0) is 11.3 Å². The lowest BCUT2D eigenvalue weighted by atomic mass is 10.2. The van der Waals surface area contributed by atoms with Gasteiger partial charge in [0.1, 0.15) is 4.99 Å². The van der Waals surface area contributed by atoms with Crippen LogP contribution in [0.1, 0.15) is 17.7 Å². The van der Waals surface area contributed by atoms with E-state index in [4.69, 9.17) is 22.7 Å². The van der Waals surface area contributed by atoms with E-state index >= 15 is 0 Å². The summed E-state index contributed by atoms with van der Waals surface area (Å²) in [7, 11) is 0. The molecule has 17 heavy (non-hydrogen) atoms. The van der Waals surface area contributed by atoms with Crippen molar-refractivity contribution in [3.05, 3.63) is 29.6 Å². The minimum atomic E-state index is -4.19. The largest absolute Gasteiger partial charge is 0.391 e. The number of thiocarbonyl (C=S) groups is 1. The van der Waals surface area contributed by atoms with Crippen molar-refractivity contribution in [2.45, 2.75) is 19.2 Å². The van der Waals surface area contributed by atoms with Gasteiger partial charge < -0.3 is 10.5 Å². The van der Waals surface area contributed by atoms with Crippen LogP contribution in [0.4, 0.5) is 13.2 Å². The quantitative estimate of drug-likeness (QED) is 0.654. The number of aromatic nitrogens is 1. The Morgan fingerprint density at radius 3 is 2.76 bits per heavy atom. The van der Waals surface area contributed by atoms with Crippen molar-refractivity contribution in [3.8, 4) is 0 Å². The maximum atomic E-state index is 11.8. The third kappa shape index (κ3) is 5.60. The number of nitrogens with two attached hydrogens (primary N) is 1. The van der Waals surface area contributed by atoms with Gasteiger partial charge in [-0.25, -0.2) is 0 Å². The Morgan fingerprint density at radius 1 is 1.47 bits per heavy atom. The molecule has 3 nitrogen and oxygen atoms in total. The van der Waals surface area contributed by atoms with Crippen molar-refractivity contribution in [3.63, 3.8) is 0 Å². The molecule has 0 aromatic carbocycles. The van der Waals surface area contributed by atoms with Gasteiger partial charge in [0.05, 0.1) is 25.3 Å². The summed E-state index contributed by atoms with van der Waals surface area (Å²) in [5.41, 5.74) is 6.49. The second kappa shape index (κ2) is 5.92. The number of ether oxygens (including phenoxy) is 1. The van der Waals surface area contributed by atoms with Crippen LogP contribution in [0.2, 0.25) is 0 Å². The van der Waals surface area contributed by atoms with E-state index in [1.807, 2.05) is 0 Å². The normalized spacial score (nSPS) is 11.5. The minimum absolute atomic E-state index is 0.0776. The summed E-state index contributed by atoms with van der Waals surface area (Å²) >= 11 is 4.73.